The highest BCUT2D eigenvalue weighted by molar-refractivity contribution is 8.00. The van der Waals surface area contributed by atoms with Crippen LogP contribution < -0.4 is 10.9 Å². The van der Waals surface area contributed by atoms with Crippen LogP contribution in [0.1, 0.15) is 58.1 Å². The molecule has 1 aromatic heterocycles. The van der Waals surface area contributed by atoms with Crippen molar-refractivity contribution >= 4 is 17.7 Å². The molecular formula is C15H23N3O2S. The summed E-state index contributed by atoms with van der Waals surface area (Å²) in [6, 6.07) is 1.83. The van der Waals surface area contributed by atoms with Gasteiger partial charge in [-0.05, 0) is 25.7 Å². The van der Waals surface area contributed by atoms with Crippen molar-refractivity contribution < 1.29 is 4.79 Å². The molecule has 2 rings (SSSR count). The summed E-state index contributed by atoms with van der Waals surface area (Å²) in [5.74, 6) is 0.207. The summed E-state index contributed by atoms with van der Waals surface area (Å²) in [6.07, 6.45) is 4.53. The monoisotopic (exact) mass is 309 g/mol. The molecule has 116 valence electrons. The fourth-order valence-corrected chi connectivity index (χ4v) is 3.24. The molecule has 1 aliphatic carbocycles. The van der Waals surface area contributed by atoms with E-state index in [2.05, 4.69) is 15.3 Å². The first-order chi connectivity index (χ1) is 9.95. The van der Waals surface area contributed by atoms with Crippen molar-refractivity contribution in [3.8, 4) is 0 Å². The first-order valence-corrected chi connectivity index (χ1v) is 8.42. The van der Waals surface area contributed by atoms with E-state index in [-0.39, 0.29) is 22.6 Å². The van der Waals surface area contributed by atoms with Crippen molar-refractivity contribution in [3.05, 3.63) is 22.1 Å². The zero-order valence-corrected chi connectivity index (χ0v) is 13.6. The van der Waals surface area contributed by atoms with Crippen LogP contribution in [0, 0.1) is 0 Å². The van der Waals surface area contributed by atoms with Gasteiger partial charge in [-0.1, -0.05) is 38.5 Å². The number of carbonyl (C=O) groups excluding carboxylic acids is 1. The Labute approximate surface area is 129 Å². The summed E-state index contributed by atoms with van der Waals surface area (Å²) in [6.45, 7) is 5.83. The molecule has 2 N–H and O–H groups in total. The number of hydrogen-bond donors (Lipinski definition) is 2. The zero-order chi connectivity index (χ0) is 15.4. The molecule has 5 nitrogen and oxygen atoms in total. The van der Waals surface area contributed by atoms with Crippen LogP contribution in [-0.4, -0.2) is 27.2 Å². The zero-order valence-electron chi connectivity index (χ0n) is 12.8. The Morgan fingerprint density at radius 1 is 1.38 bits per heavy atom. The van der Waals surface area contributed by atoms with Crippen LogP contribution >= 0.6 is 11.8 Å². The van der Waals surface area contributed by atoms with Gasteiger partial charge in [0.2, 0.25) is 5.91 Å². The Balaban J connectivity index is 1.99. The fraction of sp³-hybridized carbons (Fsp3) is 0.667. The molecule has 1 amide bonds. The maximum absolute atomic E-state index is 12.2. The highest BCUT2D eigenvalue weighted by atomic mass is 32.2. The van der Waals surface area contributed by atoms with Crippen molar-refractivity contribution in [1.82, 2.24) is 15.3 Å². The van der Waals surface area contributed by atoms with E-state index in [4.69, 9.17) is 0 Å². The Hall–Kier alpha value is -1.30. The lowest BCUT2D eigenvalue weighted by Crippen LogP contribution is -2.37. The molecule has 0 spiro atoms. The van der Waals surface area contributed by atoms with E-state index in [9.17, 15) is 9.59 Å². The molecule has 1 atom stereocenters. The van der Waals surface area contributed by atoms with Gasteiger partial charge < -0.3 is 10.3 Å². The average molecular weight is 309 g/mol. The molecule has 1 aromatic rings. The van der Waals surface area contributed by atoms with Gasteiger partial charge in [-0.3, -0.25) is 9.59 Å². The number of carbonyl (C=O) groups is 1. The van der Waals surface area contributed by atoms with Crippen molar-refractivity contribution in [3.63, 3.8) is 0 Å². The van der Waals surface area contributed by atoms with Crippen LogP contribution in [0.5, 0.6) is 0 Å². The molecule has 0 bridgehead atoms. The first kappa shape index (κ1) is 16.1. The molecule has 0 saturated heterocycles. The van der Waals surface area contributed by atoms with Crippen molar-refractivity contribution in [2.75, 3.05) is 0 Å². The van der Waals surface area contributed by atoms with E-state index in [0.29, 0.717) is 11.2 Å². The molecule has 0 aliphatic heterocycles. The molecule has 1 fully saturated rings. The van der Waals surface area contributed by atoms with Crippen molar-refractivity contribution in [1.29, 1.82) is 0 Å². The lowest BCUT2D eigenvalue weighted by Gasteiger charge is -2.16. The molecule has 21 heavy (non-hydrogen) atoms. The number of H-pyrrole nitrogens is 1. The number of thioether (sulfide) groups is 1. The topological polar surface area (TPSA) is 74.8 Å². The summed E-state index contributed by atoms with van der Waals surface area (Å²) in [4.78, 5) is 30.9. The maximum atomic E-state index is 12.2. The molecular weight excluding hydrogens is 286 g/mol. The second-order valence-electron chi connectivity index (χ2n) is 5.88. The van der Waals surface area contributed by atoms with Crippen LogP contribution in [-0.2, 0) is 4.79 Å². The maximum Gasteiger partial charge on any atom is 0.251 e. The highest BCUT2D eigenvalue weighted by Gasteiger charge is 2.22. The van der Waals surface area contributed by atoms with E-state index < -0.39 is 0 Å². The molecule has 0 aromatic carbocycles. The average Bonchev–Trinajstić information content (AvgIpc) is 2.90. The fourth-order valence-electron chi connectivity index (χ4n) is 2.41. The Kier molecular flexibility index (Phi) is 5.45. The third-order valence-electron chi connectivity index (χ3n) is 3.69. The van der Waals surface area contributed by atoms with Gasteiger partial charge in [-0.15, -0.1) is 0 Å². The number of hydrogen-bond acceptors (Lipinski definition) is 4. The highest BCUT2D eigenvalue weighted by Crippen LogP contribution is 2.22. The third-order valence-corrected chi connectivity index (χ3v) is 4.67. The van der Waals surface area contributed by atoms with Gasteiger partial charge in [0.15, 0.2) is 5.16 Å². The largest absolute Gasteiger partial charge is 0.352 e. The van der Waals surface area contributed by atoms with E-state index in [1.807, 2.05) is 20.8 Å². The van der Waals surface area contributed by atoms with Gasteiger partial charge in [0, 0.05) is 12.1 Å². The predicted octanol–water partition coefficient (Wildman–Crippen LogP) is 2.43. The summed E-state index contributed by atoms with van der Waals surface area (Å²) < 4.78 is 0. The predicted molar refractivity (Wildman–Crippen MR) is 84.7 cm³/mol. The van der Waals surface area contributed by atoms with Crippen LogP contribution in [0.2, 0.25) is 0 Å². The SMILES string of the molecule is CC(Sc1nc(C(C)C)cc(=O)[nH]1)C(=O)NC1CCCC1. The van der Waals surface area contributed by atoms with Gasteiger partial charge >= 0.3 is 0 Å². The van der Waals surface area contributed by atoms with E-state index in [0.717, 1.165) is 18.5 Å². The van der Waals surface area contributed by atoms with Crippen molar-refractivity contribution in [2.45, 2.75) is 68.8 Å². The van der Waals surface area contributed by atoms with Crippen LogP contribution in [0.4, 0.5) is 0 Å². The molecule has 1 saturated carbocycles. The summed E-state index contributed by atoms with van der Waals surface area (Å²) >= 11 is 1.30. The second-order valence-corrected chi connectivity index (χ2v) is 7.21. The van der Waals surface area contributed by atoms with E-state index in [1.54, 1.807) is 0 Å². The van der Waals surface area contributed by atoms with Crippen LogP contribution in [0.3, 0.4) is 0 Å². The van der Waals surface area contributed by atoms with Crippen LogP contribution in [0.15, 0.2) is 16.0 Å². The lowest BCUT2D eigenvalue weighted by atomic mass is 10.1. The number of amides is 1. The number of nitrogens with one attached hydrogen (secondary N) is 2. The minimum atomic E-state index is -0.267. The number of aromatic amines is 1. The molecule has 1 unspecified atom stereocenters. The summed E-state index contributed by atoms with van der Waals surface area (Å²) in [5, 5.41) is 3.32. The molecule has 0 radical (unpaired) electrons. The minimum absolute atomic E-state index is 0.0181. The Bertz CT molecular complexity index is 550. The van der Waals surface area contributed by atoms with Crippen molar-refractivity contribution in [2.24, 2.45) is 0 Å². The quantitative estimate of drug-likeness (QED) is 0.647. The van der Waals surface area contributed by atoms with E-state index in [1.165, 1.54) is 30.7 Å². The molecule has 1 heterocycles. The van der Waals surface area contributed by atoms with Gasteiger partial charge in [0.25, 0.3) is 5.56 Å². The minimum Gasteiger partial charge on any atom is -0.352 e. The first-order valence-electron chi connectivity index (χ1n) is 7.54. The Morgan fingerprint density at radius 2 is 2.05 bits per heavy atom. The standard InChI is InChI=1S/C15H23N3O2S/c1-9(2)12-8-13(19)18-15(17-12)21-10(3)14(20)16-11-6-4-5-7-11/h8-11H,4-7H2,1-3H3,(H,16,20)(H,17,18,19). The summed E-state index contributed by atoms with van der Waals surface area (Å²) in [5.41, 5.74) is 0.587. The smallest absolute Gasteiger partial charge is 0.251 e. The number of rotatable bonds is 5. The molecule has 6 heteroatoms. The lowest BCUT2D eigenvalue weighted by molar-refractivity contribution is -0.120. The van der Waals surface area contributed by atoms with Gasteiger partial charge in [0.05, 0.1) is 10.9 Å². The second kappa shape index (κ2) is 7.11. The van der Waals surface area contributed by atoms with E-state index >= 15 is 0 Å². The third kappa shape index (κ3) is 4.59. The van der Waals surface area contributed by atoms with Crippen LogP contribution in [0.25, 0.3) is 0 Å². The van der Waals surface area contributed by atoms with Gasteiger partial charge in [-0.25, -0.2) is 4.98 Å². The van der Waals surface area contributed by atoms with Gasteiger partial charge in [0.1, 0.15) is 0 Å². The number of nitrogens with zero attached hydrogens (tertiary/aromatic N) is 1. The van der Waals surface area contributed by atoms with Gasteiger partial charge in [-0.2, -0.15) is 0 Å². The number of aromatic nitrogens is 2. The normalized spacial score (nSPS) is 17.1. The Morgan fingerprint density at radius 3 is 2.67 bits per heavy atom. The molecule has 1 aliphatic rings. The summed E-state index contributed by atoms with van der Waals surface area (Å²) in [7, 11) is 0.